The minimum atomic E-state index is 0.885. The van der Waals surface area contributed by atoms with Crippen LogP contribution in [0.2, 0.25) is 0 Å². The molecule has 1 aromatic heterocycles. The van der Waals surface area contributed by atoms with Gasteiger partial charge in [0.1, 0.15) is 0 Å². The van der Waals surface area contributed by atoms with Crippen LogP contribution in [0.25, 0.3) is 10.9 Å². The quantitative estimate of drug-likeness (QED) is 0.847. The summed E-state index contributed by atoms with van der Waals surface area (Å²) in [5.41, 5.74) is 2.51. The Morgan fingerprint density at radius 2 is 2.21 bits per heavy atom. The number of hydrogen-bond acceptors (Lipinski definition) is 3. The number of pyridine rings is 1. The van der Waals surface area contributed by atoms with Gasteiger partial charge in [0.15, 0.2) is 0 Å². The highest BCUT2D eigenvalue weighted by Gasteiger charge is 2.14. The van der Waals surface area contributed by atoms with Gasteiger partial charge in [-0.05, 0) is 55.0 Å². The lowest BCUT2D eigenvalue weighted by atomic mass is 10.1. The number of thioether (sulfide) groups is 1. The molecule has 2 nitrogen and oxygen atoms in total. The molecule has 1 aromatic carbocycles. The number of para-hydroxylation sites is 1. The maximum Gasteiger partial charge on any atom is 0.0734 e. The summed E-state index contributed by atoms with van der Waals surface area (Å²) in [5.74, 6) is 3.57. The summed E-state index contributed by atoms with van der Waals surface area (Å²) in [6.07, 6.45) is 4.33. The highest BCUT2D eigenvalue weighted by atomic mass is 32.2. The highest BCUT2D eigenvalue weighted by Crippen LogP contribution is 2.22. The van der Waals surface area contributed by atoms with Crippen molar-refractivity contribution >= 4 is 22.7 Å². The summed E-state index contributed by atoms with van der Waals surface area (Å²) >= 11 is 2.09. The average Bonchev–Trinajstić information content (AvgIpc) is 2.97. The average molecular weight is 272 g/mol. The van der Waals surface area contributed by atoms with E-state index in [4.69, 9.17) is 0 Å². The molecule has 3 rings (SSSR count). The normalized spacial score (nSPS) is 19.1. The zero-order chi connectivity index (χ0) is 12.9. The van der Waals surface area contributed by atoms with Crippen molar-refractivity contribution in [3.8, 4) is 0 Å². The molecule has 0 aliphatic carbocycles. The molecule has 2 aromatic rings. The van der Waals surface area contributed by atoms with Crippen LogP contribution in [0, 0.1) is 5.92 Å². The summed E-state index contributed by atoms with van der Waals surface area (Å²) in [4.78, 5) is 4.51. The SMILES string of the molecule is c1cnc2c(CCNCC3CCSC3)cccc2c1. The van der Waals surface area contributed by atoms with Crippen LogP contribution in [-0.4, -0.2) is 29.6 Å². The fourth-order valence-corrected chi connectivity index (χ4v) is 3.93. The van der Waals surface area contributed by atoms with Crippen molar-refractivity contribution in [2.24, 2.45) is 5.92 Å². The third-order valence-electron chi connectivity index (χ3n) is 3.74. The first-order valence-corrected chi connectivity index (χ1v) is 8.20. The molecule has 0 radical (unpaired) electrons. The molecule has 19 heavy (non-hydrogen) atoms. The van der Waals surface area contributed by atoms with E-state index in [2.05, 4.69) is 46.3 Å². The Kier molecular flexibility index (Phi) is 4.36. The second kappa shape index (κ2) is 6.40. The van der Waals surface area contributed by atoms with Crippen LogP contribution >= 0.6 is 11.8 Å². The molecule has 0 amide bonds. The standard InChI is InChI=1S/C16H20N2S/c1-3-14-5-2-8-18-16(14)15(4-1)6-9-17-11-13-7-10-19-12-13/h1-5,8,13,17H,6-7,9-12H2. The predicted molar refractivity (Wildman–Crippen MR) is 83.7 cm³/mol. The second-order valence-corrected chi connectivity index (χ2v) is 6.33. The van der Waals surface area contributed by atoms with Gasteiger partial charge in [-0.1, -0.05) is 24.3 Å². The van der Waals surface area contributed by atoms with Crippen molar-refractivity contribution in [1.29, 1.82) is 0 Å². The predicted octanol–water partition coefficient (Wildman–Crippen LogP) is 3.12. The highest BCUT2D eigenvalue weighted by molar-refractivity contribution is 7.99. The third-order valence-corrected chi connectivity index (χ3v) is 4.98. The topological polar surface area (TPSA) is 24.9 Å². The monoisotopic (exact) mass is 272 g/mol. The Balaban J connectivity index is 1.56. The van der Waals surface area contributed by atoms with Crippen LogP contribution in [0.15, 0.2) is 36.5 Å². The largest absolute Gasteiger partial charge is 0.316 e. The van der Waals surface area contributed by atoms with E-state index in [9.17, 15) is 0 Å². The Bertz CT molecular complexity index is 530. The van der Waals surface area contributed by atoms with Gasteiger partial charge in [0.2, 0.25) is 0 Å². The van der Waals surface area contributed by atoms with Crippen LogP contribution in [-0.2, 0) is 6.42 Å². The number of rotatable bonds is 5. The maximum atomic E-state index is 4.51. The molecule has 1 N–H and O–H groups in total. The van der Waals surface area contributed by atoms with E-state index < -0.39 is 0 Å². The van der Waals surface area contributed by atoms with Gasteiger partial charge < -0.3 is 5.32 Å². The Morgan fingerprint density at radius 3 is 3.11 bits per heavy atom. The molecule has 1 aliphatic rings. The number of hydrogen-bond donors (Lipinski definition) is 1. The van der Waals surface area contributed by atoms with Gasteiger partial charge in [0.05, 0.1) is 5.52 Å². The lowest BCUT2D eigenvalue weighted by Crippen LogP contribution is -2.24. The van der Waals surface area contributed by atoms with E-state index in [0.717, 1.165) is 24.4 Å². The van der Waals surface area contributed by atoms with Gasteiger partial charge in [-0.2, -0.15) is 11.8 Å². The first kappa shape index (κ1) is 12.9. The third kappa shape index (κ3) is 3.28. The molecule has 1 aliphatic heterocycles. The van der Waals surface area contributed by atoms with Crippen LogP contribution < -0.4 is 5.32 Å². The molecule has 1 atom stereocenters. The molecule has 100 valence electrons. The van der Waals surface area contributed by atoms with Crippen LogP contribution in [0.5, 0.6) is 0 Å². The molecule has 2 heterocycles. The van der Waals surface area contributed by atoms with E-state index in [0.29, 0.717) is 0 Å². The zero-order valence-electron chi connectivity index (χ0n) is 11.1. The van der Waals surface area contributed by atoms with E-state index in [1.165, 1.54) is 35.4 Å². The first-order chi connectivity index (χ1) is 9.43. The van der Waals surface area contributed by atoms with E-state index in [-0.39, 0.29) is 0 Å². The van der Waals surface area contributed by atoms with Gasteiger partial charge >= 0.3 is 0 Å². The van der Waals surface area contributed by atoms with Gasteiger partial charge in [0.25, 0.3) is 0 Å². The number of nitrogens with one attached hydrogen (secondary N) is 1. The minimum absolute atomic E-state index is 0.885. The lowest BCUT2D eigenvalue weighted by Gasteiger charge is -2.10. The van der Waals surface area contributed by atoms with Crippen molar-refractivity contribution in [2.75, 3.05) is 24.6 Å². The molecular formula is C16H20N2S. The number of aromatic nitrogens is 1. The van der Waals surface area contributed by atoms with Gasteiger partial charge in [-0.25, -0.2) is 0 Å². The summed E-state index contributed by atoms with van der Waals surface area (Å²) in [6.45, 7) is 2.22. The zero-order valence-corrected chi connectivity index (χ0v) is 12.0. The van der Waals surface area contributed by atoms with Crippen molar-refractivity contribution in [1.82, 2.24) is 10.3 Å². The molecular weight excluding hydrogens is 252 g/mol. The van der Waals surface area contributed by atoms with Crippen molar-refractivity contribution in [3.05, 3.63) is 42.1 Å². The molecule has 0 spiro atoms. The van der Waals surface area contributed by atoms with Crippen molar-refractivity contribution in [3.63, 3.8) is 0 Å². The first-order valence-electron chi connectivity index (χ1n) is 7.04. The molecule has 1 fully saturated rings. The van der Waals surface area contributed by atoms with Gasteiger partial charge in [-0.3, -0.25) is 4.98 Å². The van der Waals surface area contributed by atoms with Crippen LogP contribution in [0.4, 0.5) is 0 Å². The van der Waals surface area contributed by atoms with Crippen LogP contribution in [0.3, 0.4) is 0 Å². The molecule has 0 bridgehead atoms. The van der Waals surface area contributed by atoms with Crippen molar-refractivity contribution < 1.29 is 0 Å². The number of fused-ring (bicyclic) bond motifs is 1. The van der Waals surface area contributed by atoms with Gasteiger partial charge in [-0.15, -0.1) is 0 Å². The van der Waals surface area contributed by atoms with E-state index in [1.807, 2.05) is 12.3 Å². The number of nitrogens with zero attached hydrogens (tertiary/aromatic N) is 1. The summed E-state index contributed by atoms with van der Waals surface area (Å²) in [5, 5.41) is 4.84. The van der Waals surface area contributed by atoms with Crippen molar-refractivity contribution in [2.45, 2.75) is 12.8 Å². The fourth-order valence-electron chi connectivity index (χ4n) is 2.64. The number of benzene rings is 1. The molecule has 3 heteroatoms. The Morgan fingerprint density at radius 1 is 1.26 bits per heavy atom. The second-order valence-electron chi connectivity index (χ2n) is 5.18. The lowest BCUT2D eigenvalue weighted by molar-refractivity contribution is 0.526. The molecule has 0 saturated carbocycles. The molecule has 1 saturated heterocycles. The summed E-state index contributed by atoms with van der Waals surface area (Å²) in [6, 6.07) is 10.6. The Labute approximate surface area is 119 Å². The van der Waals surface area contributed by atoms with Gasteiger partial charge in [0, 0.05) is 11.6 Å². The van der Waals surface area contributed by atoms with Crippen LogP contribution in [0.1, 0.15) is 12.0 Å². The summed E-state index contributed by atoms with van der Waals surface area (Å²) in [7, 11) is 0. The minimum Gasteiger partial charge on any atom is -0.316 e. The fraction of sp³-hybridized carbons (Fsp3) is 0.438. The maximum absolute atomic E-state index is 4.51. The smallest absolute Gasteiger partial charge is 0.0734 e. The van der Waals surface area contributed by atoms with E-state index >= 15 is 0 Å². The Hall–Kier alpha value is -1.06. The molecule has 1 unspecified atom stereocenters. The summed E-state index contributed by atoms with van der Waals surface area (Å²) < 4.78 is 0. The van der Waals surface area contributed by atoms with E-state index in [1.54, 1.807) is 0 Å².